The Morgan fingerprint density at radius 1 is 1.58 bits per heavy atom. The SMILES string of the molecule is CCOC(=O)c1oc(C2OCCC2C)nc1C(F)F. The Labute approximate surface area is 108 Å². The van der Waals surface area contributed by atoms with E-state index in [1.165, 1.54) is 0 Å². The summed E-state index contributed by atoms with van der Waals surface area (Å²) in [5.74, 6) is -1.33. The number of oxazole rings is 1. The molecule has 19 heavy (non-hydrogen) atoms. The quantitative estimate of drug-likeness (QED) is 0.791. The van der Waals surface area contributed by atoms with E-state index in [1.807, 2.05) is 6.92 Å². The molecule has 5 nitrogen and oxygen atoms in total. The van der Waals surface area contributed by atoms with Crippen LogP contribution in [0.5, 0.6) is 0 Å². The normalized spacial score (nSPS) is 23.0. The zero-order valence-corrected chi connectivity index (χ0v) is 10.7. The van der Waals surface area contributed by atoms with E-state index in [0.717, 1.165) is 6.42 Å². The summed E-state index contributed by atoms with van der Waals surface area (Å²) in [7, 11) is 0. The highest BCUT2D eigenvalue weighted by Gasteiger charge is 2.35. The monoisotopic (exact) mass is 275 g/mol. The molecule has 0 aliphatic carbocycles. The largest absolute Gasteiger partial charge is 0.460 e. The standard InChI is InChI=1S/C12H15F2NO4/c1-3-17-12(16)9-7(10(13)14)15-11(19-9)8-6(2)4-5-18-8/h6,8,10H,3-5H2,1-2H3. The van der Waals surface area contributed by atoms with Crippen molar-refractivity contribution in [2.75, 3.05) is 13.2 Å². The van der Waals surface area contributed by atoms with Crippen LogP contribution in [0.4, 0.5) is 8.78 Å². The third-order valence-electron chi connectivity index (χ3n) is 2.97. The molecule has 0 radical (unpaired) electrons. The third kappa shape index (κ3) is 2.75. The van der Waals surface area contributed by atoms with Gasteiger partial charge in [0.05, 0.1) is 6.61 Å². The minimum Gasteiger partial charge on any atom is -0.460 e. The van der Waals surface area contributed by atoms with Crippen LogP contribution in [0.1, 0.15) is 54.9 Å². The average Bonchev–Trinajstić information content (AvgIpc) is 2.94. The Morgan fingerprint density at radius 3 is 2.84 bits per heavy atom. The van der Waals surface area contributed by atoms with Crippen LogP contribution in [0.15, 0.2) is 4.42 Å². The topological polar surface area (TPSA) is 61.6 Å². The van der Waals surface area contributed by atoms with E-state index in [4.69, 9.17) is 9.15 Å². The van der Waals surface area contributed by atoms with Gasteiger partial charge in [0.15, 0.2) is 5.69 Å². The van der Waals surface area contributed by atoms with E-state index >= 15 is 0 Å². The van der Waals surface area contributed by atoms with E-state index in [-0.39, 0.29) is 18.4 Å². The summed E-state index contributed by atoms with van der Waals surface area (Å²) < 4.78 is 40.9. The first-order valence-corrected chi connectivity index (χ1v) is 6.12. The van der Waals surface area contributed by atoms with E-state index in [0.29, 0.717) is 6.61 Å². The summed E-state index contributed by atoms with van der Waals surface area (Å²) >= 11 is 0. The number of rotatable bonds is 4. The van der Waals surface area contributed by atoms with Crippen molar-refractivity contribution < 1.29 is 27.5 Å². The first-order valence-electron chi connectivity index (χ1n) is 6.12. The van der Waals surface area contributed by atoms with Crippen LogP contribution >= 0.6 is 0 Å². The lowest BCUT2D eigenvalue weighted by atomic mass is 10.0. The average molecular weight is 275 g/mol. The Bertz CT molecular complexity index is 461. The highest BCUT2D eigenvalue weighted by atomic mass is 19.3. The molecule has 0 amide bonds. The highest BCUT2D eigenvalue weighted by molar-refractivity contribution is 5.87. The van der Waals surface area contributed by atoms with Crippen LogP contribution in [-0.2, 0) is 9.47 Å². The van der Waals surface area contributed by atoms with Gasteiger partial charge in [-0.15, -0.1) is 0 Å². The minimum atomic E-state index is -2.89. The lowest BCUT2D eigenvalue weighted by Crippen LogP contribution is -2.06. The molecule has 2 unspecified atom stereocenters. The summed E-state index contributed by atoms with van der Waals surface area (Å²) in [6.07, 6.45) is -2.58. The fraction of sp³-hybridized carbons (Fsp3) is 0.667. The fourth-order valence-corrected chi connectivity index (χ4v) is 1.97. The van der Waals surface area contributed by atoms with Gasteiger partial charge in [0, 0.05) is 6.61 Å². The molecule has 0 spiro atoms. The number of nitrogens with zero attached hydrogens (tertiary/aromatic N) is 1. The predicted molar refractivity (Wildman–Crippen MR) is 59.9 cm³/mol. The Balaban J connectivity index is 2.32. The second-order valence-electron chi connectivity index (χ2n) is 4.34. The molecule has 0 bridgehead atoms. The van der Waals surface area contributed by atoms with Gasteiger partial charge in [0.2, 0.25) is 11.7 Å². The summed E-state index contributed by atoms with van der Waals surface area (Å²) in [4.78, 5) is 15.3. The summed E-state index contributed by atoms with van der Waals surface area (Å²) in [5.41, 5.74) is -0.684. The smallest absolute Gasteiger partial charge is 0.376 e. The van der Waals surface area contributed by atoms with E-state index in [1.54, 1.807) is 6.92 Å². The second-order valence-corrected chi connectivity index (χ2v) is 4.34. The summed E-state index contributed by atoms with van der Waals surface area (Å²) in [5, 5.41) is 0. The van der Waals surface area contributed by atoms with Crippen molar-refractivity contribution in [1.29, 1.82) is 0 Å². The lowest BCUT2D eigenvalue weighted by molar-refractivity contribution is 0.0448. The lowest BCUT2D eigenvalue weighted by Gasteiger charge is -2.09. The molecule has 1 aliphatic heterocycles. The fourth-order valence-electron chi connectivity index (χ4n) is 1.97. The van der Waals surface area contributed by atoms with Crippen LogP contribution in [0, 0.1) is 5.92 Å². The molecule has 1 aromatic rings. The third-order valence-corrected chi connectivity index (χ3v) is 2.97. The molecule has 1 aromatic heterocycles. The maximum absolute atomic E-state index is 12.9. The van der Waals surface area contributed by atoms with E-state index < -0.39 is 30.0 Å². The molecule has 0 saturated carbocycles. The van der Waals surface area contributed by atoms with Crippen LogP contribution in [0.25, 0.3) is 0 Å². The maximum atomic E-state index is 12.9. The number of halogens is 2. The number of aromatic nitrogens is 1. The van der Waals surface area contributed by atoms with Crippen molar-refractivity contribution >= 4 is 5.97 Å². The van der Waals surface area contributed by atoms with Crippen LogP contribution in [-0.4, -0.2) is 24.2 Å². The second kappa shape index (κ2) is 5.64. The molecular weight excluding hydrogens is 260 g/mol. The van der Waals surface area contributed by atoms with Crippen molar-refractivity contribution in [3.05, 3.63) is 17.3 Å². The van der Waals surface area contributed by atoms with Crippen LogP contribution < -0.4 is 0 Å². The predicted octanol–water partition coefficient (Wildman–Crippen LogP) is 2.89. The van der Waals surface area contributed by atoms with Crippen molar-refractivity contribution in [2.24, 2.45) is 5.92 Å². The van der Waals surface area contributed by atoms with Gasteiger partial charge in [-0.05, 0) is 19.3 Å². The van der Waals surface area contributed by atoms with Gasteiger partial charge in [-0.25, -0.2) is 18.6 Å². The number of ether oxygens (including phenoxy) is 2. The molecule has 1 saturated heterocycles. The van der Waals surface area contributed by atoms with E-state index in [2.05, 4.69) is 9.72 Å². The molecule has 2 atom stereocenters. The van der Waals surface area contributed by atoms with Gasteiger partial charge in [0.25, 0.3) is 6.43 Å². The summed E-state index contributed by atoms with van der Waals surface area (Å²) in [6.45, 7) is 4.09. The molecular formula is C12H15F2NO4. The summed E-state index contributed by atoms with van der Waals surface area (Å²) in [6, 6.07) is 0. The Morgan fingerprint density at radius 2 is 2.32 bits per heavy atom. The zero-order valence-electron chi connectivity index (χ0n) is 10.7. The van der Waals surface area contributed by atoms with Crippen molar-refractivity contribution in [3.8, 4) is 0 Å². The van der Waals surface area contributed by atoms with Gasteiger partial charge < -0.3 is 13.9 Å². The van der Waals surface area contributed by atoms with Gasteiger partial charge >= 0.3 is 5.97 Å². The molecule has 2 heterocycles. The number of hydrogen-bond acceptors (Lipinski definition) is 5. The van der Waals surface area contributed by atoms with E-state index in [9.17, 15) is 13.6 Å². The van der Waals surface area contributed by atoms with Crippen molar-refractivity contribution in [2.45, 2.75) is 32.8 Å². The van der Waals surface area contributed by atoms with Gasteiger partial charge in [-0.1, -0.05) is 6.92 Å². The van der Waals surface area contributed by atoms with Gasteiger partial charge in [0.1, 0.15) is 6.10 Å². The molecule has 7 heteroatoms. The van der Waals surface area contributed by atoms with Crippen LogP contribution in [0.2, 0.25) is 0 Å². The van der Waals surface area contributed by atoms with Gasteiger partial charge in [-0.3, -0.25) is 0 Å². The molecule has 1 fully saturated rings. The number of carbonyl (C=O) groups excluding carboxylic acids is 1. The Hall–Kier alpha value is -1.50. The van der Waals surface area contributed by atoms with Crippen molar-refractivity contribution in [3.63, 3.8) is 0 Å². The number of carbonyl (C=O) groups is 1. The first-order chi connectivity index (χ1) is 9.04. The maximum Gasteiger partial charge on any atom is 0.376 e. The minimum absolute atomic E-state index is 0.0170. The molecule has 2 rings (SSSR count). The molecule has 0 N–H and O–H groups in total. The Kier molecular flexibility index (Phi) is 4.14. The van der Waals surface area contributed by atoms with Crippen molar-refractivity contribution in [1.82, 2.24) is 4.98 Å². The van der Waals surface area contributed by atoms with Crippen LogP contribution in [0.3, 0.4) is 0 Å². The van der Waals surface area contributed by atoms with Gasteiger partial charge in [-0.2, -0.15) is 0 Å². The number of esters is 1. The first kappa shape index (κ1) is 13.9. The number of hydrogen-bond donors (Lipinski definition) is 0. The molecule has 0 aromatic carbocycles. The molecule has 1 aliphatic rings. The molecule has 106 valence electrons. The highest BCUT2D eigenvalue weighted by Crippen LogP contribution is 2.36. The number of alkyl halides is 2. The zero-order chi connectivity index (χ0) is 14.0.